The van der Waals surface area contributed by atoms with Crippen LogP contribution in [-0.2, 0) is 6.61 Å². The number of benzene rings is 4. The molecule has 0 atom stereocenters. The van der Waals surface area contributed by atoms with Crippen molar-refractivity contribution in [2.24, 2.45) is 0 Å². The van der Waals surface area contributed by atoms with Crippen molar-refractivity contribution in [3.8, 4) is 28.7 Å². The molecule has 0 aliphatic carbocycles. The highest BCUT2D eigenvalue weighted by Gasteiger charge is 2.16. The summed E-state index contributed by atoms with van der Waals surface area (Å²) in [4.78, 5) is 22.2. The fourth-order valence-corrected chi connectivity index (χ4v) is 4.70. The summed E-state index contributed by atoms with van der Waals surface area (Å²) in [7, 11) is 3.17. The van der Waals surface area contributed by atoms with Gasteiger partial charge in [0.1, 0.15) is 18.1 Å². The molecule has 6 aromatic rings. The van der Waals surface area contributed by atoms with E-state index in [0.717, 1.165) is 21.7 Å². The molecule has 0 bridgehead atoms. The summed E-state index contributed by atoms with van der Waals surface area (Å²) in [5.74, 6) is 2.96. The molecule has 1 amide bonds. The second-order valence-electron chi connectivity index (χ2n) is 9.40. The molecule has 0 fully saturated rings. The van der Waals surface area contributed by atoms with Crippen LogP contribution in [0, 0.1) is 0 Å². The van der Waals surface area contributed by atoms with Gasteiger partial charge in [0.05, 0.1) is 19.7 Å². The topological polar surface area (TPSA) is 91.8 Å². The number of hydrogen-bond acceptors (Lipinski definition) is 7. The smallest absolute Gasteiger partial charge is 0.257 e. The van der Waals surface area contributed by atoms with Gasteiger partial charge in [0.2, 0.25) is 0 Å². The maximum Gasteiger partial charge on any atom is 0.257 e. The lowest BCUT2D eigenvalue weighted by atomic mass is 10.0. The van der Waals surface area contributed by atoms with Gasteiger partial charge in [0.15, 0.2) is 23.1 Å². The van der Waals surface area contributed by atoms with Gasteiger partial charge >= 0.3 is 0 Å². The van der Waals surface area contributed by atoms with Gasteiger partial charge in [0, 0.05) is 29.4 Å². The molecule has 1 N–H and O–H groups in total. The Bertz CT molecular complexity index is 1890. The van der Waals surface area contributed by atoms with Crippen LogP contribution in [0.1, 0.15) is 15.9 Å². The highest BCUT2D eigenvalue weighted by molar-refractivity contribution is 6.13. The summed E-state index contributed by atoms with van der Waals surface area (Å²) in [6, 6.07) is 30.0. The van der Waals surface area contributed by atoms with Crippen molar-refractivity contribution in [2.45, 2.75) is 6.61 Å². The van der Waals surface area contributed by atoms with Crippen molar-refractivity contribution < 1.29 is 23.7 Å². The predicted octanol–water partition coefficient (Wildman–Crippen LogP) is 7.42. The molecule has 2 heterocycles. The Balaban J connectivity index is 1.24. The molecule has 0 unspecified atom stereocenters. The molecule has 6 rings (SSSR count). The van der Waals surface area contributed by atoms with Crippen LogP contribution < -0.4 is 24.3 Å². The number of amides is 1. The van der Waals surface area contributed by atoms with Crippen LogP contribution >= 0.6 is 0 Å². The highest BCUT2D eigenvalue weighted by Crippen LogP contribution is 2.37. The lowest BCUT2D eigenvalue weighted by Gasteiger charge is -2.14. The van der Waals surface area contributed by atoms with Crippen molar-refractivity contribution in [1.29, 1.82) is 0 Å². The number of methoxy groups -OCH3 is 2. The summed E-state index contributed by atoms with van der Waals surface area (Å²) in [6.07, 6.45) is 3.30. The average molecular weight is 558 g/mol. The number of rotatable bonds is 9. The quantitative estimate of drug-likeness (QED) is 0.198. The summed E-state index contributed by atoms with van der Waals surface area (Å²) < 4.78 is 23.1. The Labute approximate surface area is 242 Å². The fourth-order valence-electron chi connectivity index (χ4n) is 4.70. The number of pyridine rings is 2. The lowest BCUT2D eigenvalue weighted by Crippen LogP contribution is -2.14. The molecule has 0 aliphatic heterocycles. The SMILES string of the molecule is COc1cc2nccc(Oc3ccc4c(C(=O)Nc5ncccc5OCc5ccccc5)cccc4c3)c2cc1OC. The summed E-state index contributed by atoms with van der Waals surface area (Å²) in [5, 5.41) is 5.32. The molecular formula is C34H27N3O5. The van der Waals surface area contributed by atoms with Crippen molar-refractivity contribution in [3.05, 3.63) is 121 Å². The van der Waals surface area contributed by atoms with Crippen LogP contribution in [0.2, 0.25) is 0 Å². The summed E-state index contributed by atoms with van der Waals surface area (Å²) >= 11 is 0. The van der Waals surface area contributed by atoms with E-state index in [1.807, 2.05) is 72.8 Å². The molecule has 208 valence electrons. The van der Waals surface area contributed by atoms with Crippen molar-refractivity contribution >= 4 is 33.4 Å². The Morgan fingerprint density at radius 3 is 2.38 bits per heavy atom. The second kappa shape index (κ2) is 11.9. The number of hydrogen-bond donors (Lipinski definition) is 1. The first-order chi connectivity index (χ1) is 20.6. The Hall–Kier alpha value is -5.63. The number of anilines is 1. The van der Waals surface area contributed by atoms with Crippen molar-refractivity contribution in [3.63, 3.8) is 0 Å². The number of aromatic nitrogens is 2. The monoisotopic (exact) mass is 557 g/mol. The molecule has 0 saturated carbocycles. The van der Waals surface area contributed by atoms with Crippen LogP contribution in [-0.4, -0.2) is 30.1 Å². The minimum absolute atomic E-state index is 0.293. The zero-order valence-electron chi connectivity index (χ0n) is 23.0. The van der Waals surface area contributed by atoms with Gasteiger partial charge in [-0.15, -0.1) is 0 Å². The maximum atomic E-state index is 13.4. The number of nitrogens with one attached hydrogen (secondary N) is 1. The zero-order chi connectivity index (χ0) is 28.9. The standard InChI is InChI=1S/C34H27N3O5/c1-39-31-19-27-28(20-32(31)40-2)35-17-15-29(27)42-24-13-14-25-23(18-24)10-6-11-26(25)34(38)37-33-30(12-7-16-36-33)41-21-22-8-4-3-5-9-22/h3-20H,21H2,1-2H3,(H,36,37,38). The molecular weight excluding hydrogens is 530 g/mol. The number of carbonyl (C=O) groups excluding carboxylic acids is 1. The van der Waals surface area contributed by atoms with E-state index in [1.54, 1.807) is 50.9 Å². The van der Waals surface area contributed by atoms with Crippen LogP contribution in [0.25, 0.3) is 21.7 Å². The van der Waals surface area contributed by atoms with E-state index in [1.165, 1.54) is 0 Å². The molecule has 0 spiro atoms. The molecule has 42 heavy (non-hydrogen) atoms. The first-order valence-electron chi connectivity index (χ1n) is 13.3. The van der Waals surface area contributed by atoms with Crippen LogP contribution in [0.4, 0.5) is 5.82 Å². The van der Waals surface area contributed by atoms with Gasteiger partial charge in [-0.05, 0) is 64.9 Å². The van der Waals surface area contributed by atoms with Crippen molar-refractivity contribution in [1.82, 2.24) is 9.97 Å². The Morgan fingerprint density at radius 1 is 0.714 bits per heavy atom. The van der Waals surface area contributed by atoms with Crippen molar-refractivity contribution in [2.75, 3.05) is 19.5 Å². The third kappa shape index (κ3) is 5.51. The summed E-state index contributed by atoms with van der Waals surface area (Å²) in [5.41, 5.74) is 2.24. The largest absolute Gasteiger partial charge is 0.493 e. The number of fused-ring (bicyclic) bond motifs is 2. The number of ether oxygens (including phenoxy) is 4. The molecule has 0 saturated heterocycles. The van der Waals surface area contributed by atoms with E-state index in [2.05, 4.69) is 15.3 Å². The maximum absolute atomic E-state index is 13.4. The van der Waals surface area contributed by atoms with Crippen LogP contribution in [0.3, 0.4) is 0 Å². The fraction of sp³-hybridized carbons (Fsp3) is 0.0882. The van der Waals surface area contributed by atoms with Gasteiger partial charge in [-0.1, -0.05) is 42.5 Å². The van der Waals surface area contributed by atoms with Crippen LogP contribution in [0.5, 0.6) is 28.7 Å². The van der Waals surface area contributed by atoms with Gasteiger partial charge < -0.3 is 24.3 Å². The first kappa shape index (κ1) is 26.6. The summed E-state index contributed by atoms with van der Waals surface area (Å²) in [6.45, 7) is 0.361. The average Bonchev–Trinajstić information content (AvgIpc) is 3.04. The molecule has 0 radical (unpaired) electrons. The molecule has 8 heteroatoms. The molecule has 2 aromatic heterocycles. The Morgan fingerprint density at radius 2 is 1.55 bits per heavy atom. The third-order valence-corrected chi connectivity index (χ3v) is 6.77. The molecule has 4 aromatic carbocycles. The van der Waals surface area contributed by atoms with E-state index in [-0.39, 0.29) is 5.91 Å². The van der Waals surface area contributed by atoms with Crippen LogP contribution in [0.15, 0.2) is 109 Å². The zero-order valence-corrected chi connectivity index (χ0v) is 23.0. The van der Waals surface area contributed by atoms with Gasteiger partial charge in [-0.25, -0.2) is 4.98 Å². The number of nitrogens with zero attached hydrogens (tertiary/aromatic N) is 2. The predicted molar refractivity (Wildman–Crippen MR) is 162 cm³/mol. The second-order valence-corrected chi connectivity index (χ2v) is 9.40. The molecule has 0 aliphatic rings. The van der Waals surface area contributed by atoms with E-state index in [0.29, 0.717) is 52.3 Å². The van der Waals surface area contributed by atoms with Gasteiger partial charge in [-0.2, -0.15) is 0 Å². The lowest BCUT2D eigenvalue weighted by molar-refractivity contribution is 0.102. The van der Waals surface area contributed by atoms with Gasteiger partial charge in [-0.3, -0.25) is 9.78 Å². The van der Waals surface area contributed by atoms with E-state index in [4.69, 9.17) is 18.9 Å². The van der Waals surface area contributed by atoms with E-state index < -0.39 is 0 Å². The minimum atomic E-state index is -0.293. The highest BCUT2D eigenvalue weighted by atomic mass is 16.5. The van der Waals surface area contributed by atoms with E-state index in [9.17, 15) is 4.79 Å². The number of carbonyl (C=O) groups is 1. The first-order valence-corrected chi connectivity index (χ1v) is 13.3. The third-order valence-electron chi connectivity index (χ3n) is 6.77. The normalized spacial score (nSPS) is 10.8. The minimum Gasteiger partial charge on any atom is -0.493 e. The molecule has 8 nitrogen and oxygen atoms in total. The van der Waals surface area contributed by atoms with Gasteiger partial charge in [0.25, 0.3) is 5.91 Å². The van der Waals surface area contributed by atoms with E-state index >= 15 is 0 Å². The Kier molecular flexibility index (Phi) is 7.50.